The van der Waals surface area contributed by atoms with E-state index in [1.807, 2.05) is 0 Å². The van der Waals surface area contributed by atoms with Crippen LogP contribution in [0.25, 0.3) is 72.0 Å². The highest BCUT2D eigenvalue weighted by Crippen LogP contribution is 2.50. The number of anilines is 6. The highest BCUT2D eigenvalue weighted by molar-refractivity contribution is 7.00. The molecule has 0 radical (unpaired) electrons. The zero-order valence-corrected chi connectivity index (χ0v) is 65.1. The van der Waals surface area contributed by atoms with Crippen LogP contribution in [0.4, 0.5) is 34.1 Å². The van der Waals surface area contributed by atoms with Gasteiger partial charge in [-0.2, -0.15) is 0 Å². The number of fused-ring (bicyclic) bond motifs is 7. The van der Waals surface area contributed by atoms with Crippen molar-refractivity contribution in [3.05, 3.63) is 263 Å². The molecular weight excluding hydrogens is 1230 g/mol. The van der Waals surface area contributed by atoms with Gasteiger partial charge in [-0.25, -0.2) is 0 Å². The fourth-order valence-electron chi connectivity index (χ4n) is 15.0. The van der Waals surface area contributed by atoms with Crippen molar-refractivity contribution in [3.63, 3.8) is 0 Å². The number of rotatable bonds is 7. The van der Waals surface area contributed by atoms with Crippen LogP contribution in [0.3, 0.4) is 0 Å². The Morgan fingerprint density at radius 2 is 0.569 bits per heavy atom. The van der Waals surface area contributed by atoms with E-state index in [0.717, 1.165) is 95.0 Å². The van der Waals surface area contributed by atoms with Gasteiger partial charge in [0.15, 0.2) is 0 Å². The molecule has 12 aromatic rings. The van der Waals surface area contributed by atoms with E-state index in [2.05, 4.69) is 346 Å². The molecule has 0 fully saturated rings. The molecular formula is C98H108BN3. The van der Waals surface area contributed by atoms with Crippen molar-refractivity contribution in [1.29, 1.82) is 0 Å². The molecule has 0 amide bonds. The van der Waals surface area contributed by atoms with Crippen molar-refractivity contribution in [2.45, 2.75) is 209 Å². The molecule has 0 saturated carbocycles. The minimum Gasteiger partial charge on any atom is -0.311 e. The van der Waals surface area contributed by atoms with Crippen LogP contribution < -0.4 is 26.2 Å². The number of hydrogen-bond donors (Lipinski definition) is 0. The molecule has 102 heavy (non-hydrogen) atoms. The molecule has 0 aliphatic carbocycles. The number of nitrogens with zero attached hydrogens (tertiary/aromatic N) is 3. The quantitative estimate of drug-likeness (QED) is 0.147. The van der Waals surface area contributed by atoms with Gasteiger partial charge in [0, 0.05) is 44.9 Å². The molecule has 0 spiro atoms. The second kappa shape index (κ2) is 24.3. The second-order valence-electron chi connectivity index (χ2n) is 37.6. The molecule has 0 bridgehead atoms. The summed E-state index contributed by atoms with van der Waals surface area (Å²) in [5, 5.41) is 0.0291. The zero-order valence-electron chi connectivity index (χ0n) is 73.1. The van der Waals surface area contributed by atoms with E-state index in [9.17, 15) is 11.0 Å². The first-order valence-corrected chi connectivity index (χ1v) is 36.8. The largest absolute Gasteiger partial charge is 0.311 e. The third-order valence-electron chi connectivity index (χ3n) is 21.5. The highest BCUT2D eigenvalue weighted by Gasteiger charge is 2.45. The lowest BCUT2D eigenvalue weighted by Gasteiger charge is -2.45. The van der Waals surface area contributed by atoms with Crippen LogP contribution in [-0.4, -0.2) is 11.3 Å². The SMILES string of the molecule is [2H]c1c([2H])c([2H])c2c(c1[2H])c1c([2H])c([2H])c([2H])c([2H])c1n2-c1cc2c3c(c1)N(c1cccc(-c4cc(C(C)(C)C)cc(C(C)(C)C)c4)c1)c1cc(-c4cc(C(C)(C)C)cc(C(C)(C)C)c4)ccc1B3c1cc(-c3cc(C(C)(C)C)cc(C(C)(C)C)c3)ccc1N2c1cccc(-c2cc(C(C)(C)C)cc(C(C)(C)C)c2)c1. The Balaban J connectivity index is 1.19. The van der Waals surface area contributed by atoms with E-state index in [4.69, 9.17) is 0 Å². The van der Waals surface area contributed by atoms with Crippen LogP contribution in [0.5, 0.6) is 0 Å². The van der Waals surface area contributed by atoms with Crippen LogP contribution in [0.1, 0.15) is 222 Å². The maximum Gasteiger partial charge on any atom is 0.252 e. The number of para-hydroxylation sites is 2. The van der Waals surface area contributed by atoms with E-state index in [-0.39, 0.29) is 89.3 Å². The van der Waals surface area contributed by atoms with Crippen molar-refractivity contribution >= 4 is 79.0 Å². The lowest BCUT2D eigenvalue weighted by atomic mass is 9.33. The molecule has 3 nitrogen and oxygen atoms in total. The van der Waals surface area contributed by atoms with Crippen molar-refractivity contribution in [2.75, 3.05) is 9.80 Å². The van der Waals surface area contributed by atoms with Gasteiger partial charge in [0.05, 0.1) is 27.7 Å². The van der Waals surface area contributed by atoms with Gasteiger partial charge in [0.2, 0.25) is 0 Å². The van der Waals surface area contributed by atoms with Gasteiger partial charge in [0.1, 0.15) is 0 Å². The standard InChI is InChI=1S/C98H108BN3/c1-91(2,3)69-43-65(44-70(55-69)92(4,5)6)61-31-29-33-77(51-61)100-86-42-40-63(67-47-73(95(13,14)15)57-74(48-67)96(16,17)18)53-83(86)99-82-41-39-64(68-49-75(97(19,20)21)58-76(50-68)98(22,23)24)54-87(82)101(78-34-30-32-62(52-78)66-45-71(93(7,8)9)56-72(46-66)94(10,11)12)89-60-79(59-88(100)90(89)99)102-84-37-27-25-35-80(84)81-36-26-28-38-85(81)102/h25-60H,1-24H3/i25D,26D,27D,28D,35D,36D,37D,38D. The predicted molar refractivity (Wildman–Crippen MR) is 446 cm³/mol. The van der Waals surface area contributed by atoms with Gasteiger partial charge >= 0.3 is 0 Å². The Bertz CT molecular complexity index is 5610. The first kappa shape index (κ1) is 60.5. The van der Waals surface area contributed by atoms with Gasteiger partial charge in [-0.1, -0.05) is 324 Å². The smallest absolute Gasteiger partial charge is 0.252 e. The van der Waals surface area contributed by atoms with Crippen molar-refractivity contribution < 1.29 is 11.0 Å². The van der Waals surface area contributed by atoms with E-state index >= 15 is 0 Å². The summed E-state index contributed by atoms with van der Waals surface area (Å²) in [4.78, 5) is 4.80. The summed E-state index contributed by atoms with van der Waals surface area (Å²) in [6.45, 7) is 54.3. The van der Waals surface area contributed by atoms with Crippen LogP contribution in [0.2, 0.25) is 0 Å². The van der Waals surface area contributed by atoms with Gasteiger partial charge < -0.3 is 14.4 Å². The average Bonchev–Trinajstić information content (AvgIpc) is 1.22. The Morgan fingerprint density at radius 3 is 0.922 bits per heavy atom. The van der Waals surface area contributed by atoms with Crippen molar-refractivity contribution in [3.8, 4) is 50.2 Å². The predicted octanol–water partition coefficient (Wildman–Crippen LogP) is 25.9. The molecule has 2 aliphatic heterocycles. The molecule has 11 aromatic carbocycles. The molecule has 0 unspecified atom stereocenters. The van der Waals surface area contributed by atoms with E-state index < -0.39 is 30.9 Å². The molecule has 518 valence electrons. The summed E-state index contributed by atoms with van der Waals surface area (Å²) in [7, 11) is 0. The molecule has 1 aromatic heterocycles. The molecule has 4 heteroatoms. The van der Waals surface area contributed by atoms with Crippen molar-refractivity contribution in [1.82, 2.24) is 4.57 Å². The van der Waals surface area contributed by atoms with Crippen LogP contribution in [0, 0.1) is 0 Å². The van der Waals surface area contributed by atoms with E-state index in [1.54, 1.807) is 4.57 Å². The summed E-state index contributed by atoms with van der Waals surface area (Å²) in [5.74, 6) is 0. The molecule has 0 atom stereocenters. The van der Waals surface area contributed by atoms with E-state index in [1.165, 1.54) is 44.5 Å². The minimum atomic E-state index is -0.495. The Labute approximate surface area is 623 Å². The van der Waals surface area contributed by atoms with Gasteiger partial charge in [0.25, 0.3) is 6.71 Å². The summed E-state index contributed by atoms with van der Waals surface area (Å²) >= 11 is 0. The van der Waals surface area contributed by atoms with Gasteiger partial charge in [-0.15, -0.1) is 0 Å². The Morgan fingerprint density at radius 1 is 0.255 bits per heavy atom. The third kappa shape index (κ3) is 12.9. The molecule has 3 heterocycles. The fraction of sp³-hybridized carbons (Fsp3) is 0.327. The maximum absolute atomic E-state index is 10.0. The molecule has 14 rings (SSSR count). The molecule has 0 saturated heterocycles. The van der Waals surface area contributed by atoms with Gasteiger partial charge in [-0.05, 0) is 209 Å². The normalized spacial score (nSPS) is 14.9. The maximum atomic E-state index is 10.0. The third-order valence-corrected chi connectivity index (χ3v) is 21.5. The van der Waals surface area contributed by atoms with Crippen molar-refractivity contribution in [2.24, 2.45) is 0 Å². The monoisotopic (exact) mass is 1350 g/mol. The van der Waals surface area contributed by atoms with Crippen LogP contribution in [-0.2, 0) is 43.3 Å². The molecule has 0 N–H and O–H groups in total. The molecule has 2 aliphatic rings. The number of hydrogen-bond acceptors (Lipinski definition) is 2. The van der Waals surface area contributed by atoms with E-state index in [0.29, 0.717) is 5.69 Å². The lowest BCUT2D eigenvalue weighted by molar-refractivity contribution is 0.568. The summed E-state index contributed by atoms with van der Waals surface area (Å²) in [5.41, 5.74) is 26.0. The minimum absolute atomic E-state index is 0.0145. The topological polar surface area (TPSA) is 11.4 Å². The Hall–Kier alpha value is -9.12. The second-order valence-corrected chi connectivity index (χ2v) is 37.6. The highest BCUT2D eigenvalue weighted by atomic mass is 15.2. The fourth-order valence-corrected chi connectivity index (χ4v) is 15.0. The first-order chi connectivity index (χ1) is 50.9. The lowest BCUT2D eigenvalue weighted by Crippen LogP contribution is -2.61. The van der Waals surface area contributed by atoms with Gasteiger partial charge in [-0.3, -0.25) is 0 Å². The number of benzene rings is 11. The summed E-state index contributed by atoms with van der Waals surface area (Å²) < 4.78 is 78.5. The van der Waals surface area contributed by atoms with Crippen LogP contribution >= 0.6 is 0 Å². The first-order valence-electron chi connectivity index (χ1n) is 40.8. The zero-order chi connectivity index (χ0) is 80.0. The summed E-state index contributed by atoms with van der Waals surface area (Å²) in [6.07, 6.45) is 0. The Kier molecular flexibility index (Phi) is 14.4. The number of aromatic nitrogens is 1. The van der Waals surface area contributed by atoms with Crippen LogP contribution in [0.15, 0.2) is 218 Å². The summed E-state index contributed by atoms with van der Waals surface area (Å²) in [6, 6.07) is 61.0. The average molecular weight is 1350 g/mol.